The Morgan fingerprint density at radius 3 is 2.96 bits per heavy atom. The average Bonchev–Trinajstić information content (AvgIpc) is 3.37. The molecule has 8 nitrogen and oxygen atoms in total. The van der Waals surface area contributed by atoms with Crippen molar-refractivity contribution in [3.05, 3.63) is 17.3 Å². The molecule has 1 aliphatic heterocycles. The predicted molar refractivity (Wildman–Crippen MR) is 108 cm³/mol. The van der Waals surface area contributed by atoms with Gasteiger partial charge in [0, 0.05) is 45.7 Å². The molecule has 0 saturated carbocycles. The molecular formula is C19H28N4O4S. The Balaban J connectivity index is 1.88. The summed E-state index contributed by atoms with van der Waals surface area (Å²) in [5, 5.41) is 0.807. The summed E-state index contributed by atoms with van der Waals surface area (Å²) in [5.74, 6) is 0.256. The maximum atomic E-state index is 12.4. The Bertz CT molecular complexity index is 776. The Hall–Kier alpha value is -1.97. The second-order valence-electron chi connectivity index (χ2n) is 6.68. The third-order valence-corrected chi connectivity index (χ3v) is 5.75. The maximum Gasteiger partial charge on any atom is 0.350 e. The van der Waals surface area contributed by atoms with Crippen LogP contribution in [-0.2, 0) is 20.8 Å². The van der Waals surface area contributed by atoms with Crippen molar-refractivity contribution in [3.8, 4) is 11.5 Å². The number of carbonyl (C=O) groups is 1. The molecular weight excluding hydrogens is 380 g/mol. The topological polar surface area (TPSA) is 78.7 Å². The summed E-state index contributed by atoms with van der Waals surface area (Å²) in [5.41, 5.74) is 0.560. The molecule has 1 atom stereocenters. The van der Waals surface area contributed by atoms with Gasteiger partial charge in [0.2, 0.25) is 0 Å². The molecule has 0 spiro atoms. The quantitative estimate of drug-likeness (QED) is 0.590. The molecule has 1 fully saturated rings. The zero-order chi connectivity index (χ0) is 19.9. The fourth-order valence-electron chi connectivity index (χ4n) is 3.26. The van der Waals surface area contributed by atoms with Crippen molar-refractivity contribution < 1.29 is 19.0 Å². The molecule has 1 saturated heterocycles. The monoisotopic (exact) mass is 408 g/mol. The molecule has 2 aromatic heterocycles. The normalized spacial score (nSPS) is 17.1. The first kappa shape index (κ1) is 20.8. The number of thiazole rings is 1. The van der Waals surface area contributed by atoms with E-state index < -0.39 is 5.97 Å². The first-order valence-corrected chi connectivity index (χ1v) is 10.5. The Morgan fingerprint density at radius 2 is 2.21 bits per heavy atom. The number of anilines is 1. The van der Waals surface area contributed by atoms with Gasteiger partial charge in [0.15, 0.2) is 11.0 Å². The van der Waals surface area contributed by atoms with Gasteiger partial charge in [0.25, 0.3) is 0 Å². The molecule has 0 aliphatic carbocycles. The van der Waals surface area contributed by atoms with Gasteiger partial charge < -0.3 is 23.7 Å². The third-order valence-electron chi connectivity index (χ3n) is 4.66. The van der Waals surface area contributed by atoms with Gasteiger partial charge in [-0.1, -0.05) is 18.3 Å². The van der Waals surface area contributed by atoms with Gasteiger partial charge in [-0.15, -0.1) is 0 Å². The highest BCUT2D eigenvalue weighted by Gasteiger charge is 2.28. The number of aromatic nitrogens is 3. The zero-order valence-electron chi connectivity index (χ0n) is 16.7. The SMILES string of the molecule is CCCOC1CCCN(c2nc(-c3nccn3CCOC)c(C(=O)OC)s2)C1. The van der Waals surface area contributed by atoms with E-state index in [4.69, 9.17) is 19.2 Å². The summed E-state index contributed by atoms with van der Waals surface area (Å²) in [6.07, 6.45) is 6.88. The molecule has 1 unspecified atom stereocenters. The molecule has 0 N–H and O–H groups in total. The van der Waals surface area contributed by atoms with Crippen LogP contribution < -0.4 is 4.90 Å². The van der Waals surface area contributed by atoms with Gasteiger partial charge in [-0.25, -0.2) is 14.8 Å². The van der Waals surface area contributed by atoms with Crippen LogP contribution in [0.25, 0.3) is 11.5 Å². The lowest BCUT2D eigenvalue weighted by Gasteiger charge is -2.32. The predicted octanol–water partition coefficient (Wildman–Crippen LogP) is 2.84. The smallest absolute Gasteiger partial charge is 0.350 e. The lowest BCUT2D eigenvalue weighted by molar-refractivity contribution is 0.0440. The van der Waals surface area contributed by atoms with Crippen LogP contribution in [0, 0.1) is 0 Å². The Labute approximate surface area is 169 Å². The van der Waals surface area contributed by atoms with E-state index in [-0.39, 0.29) is 6.10 Å². The minimum Gasteiger partial charge on any atom is -0.465 e. The van der Waals surface area contributed by atoms with Gasteiger partial charge in [0.05, 0.1) is 19.8 Å². The molecule has 28 heavy (non-hydrogen) atoms. The van der Waals surface area contributed by atoms with E-state index in [2.05, 4.69) is 16.8 Å². The highest BCUT2D eigenvalue weighted by atomic mass is 32.1. The van der Waals surface area contributed by atoms with E-state index in [1.165, 1.54) is 18.4 Å². The molecule has 0 amide bonds. The van der Waals surface area contributed by atoms with Crippen molar-refractivity contribution in [2.24, 2.45) is 0 Å². The first-order valence-electron chi connectivity index (χ1n) is 9.64. The summed E-state index contributed by atoms with van der Waals surface area (Å²) in [7, 11) is 3.04. The van der Waals surface area contributed by atoms with Crippen LogP contribution in [0.2, 0.25) is 0 Å². The van der Waals surface area contributed by atoms with Crippen LogP contribution in [-0.4, -0.2) is 67.1 Å². The van der Waals surface area contributed by atoms with Crippen LogP contribution in [0.1, 0.15) is 35.9 Å². The fraction of sp³-hybridized carbons (Fsp3) is 0.632. The van der Waals surface area contributed by atoms with Crippen molar-refractivity contribution in [2.75, 3.05) is 45.4 Å². The fourth-order valence-corrected chi connectivity index (χ4v) is 4.27. The van der Waals surface area contributed by atoms with Gasteiger partial charge in [-0.2, -0.15) is 0 Å². The first-order chi connectivity index (χ1) is 13.7. The molecule has 3 heterocycles. The largest absolute Gasteiger partial charge is 0.465 e. The summed E-state index contributed by atoms with van der Waals surface area (Å²) < 4.78 is 18.0. The number of carbonyl (C=O) groups excluding carboxylic acids is 1. The van der Waals surface area contributed by atoms with Crippen LogP contribution in [0.5, 0.6) is 0 Å². The van der Waals surface area contributed by atoms with Gasteiger partial charge in [-0.3, -0.25) is 0 Å². The van der Waals surface area contributed by atoms with Crippen LogP contribution in [0.3, 0.4) is 0 Å². The highest BCUT2D eigenvalue weighted by molar-refractivity contribution is 7.17. The van der Waals surface area contributed by atoms with E-state index >= 15 is 0 Å². The lowest BCUT2D eigenvalue weighted by Crippen LogP contribution is -2.39. The lowest BCUT2D eigenvalue weighted by atomic mass is 10.1. The summed E-state index contributed by atoms with van der Waals surface area (Å²) in [4.78, 5) is 24.3. The number of esters is 1. The number of nitrogens with zero attached hydrogens (tertiary/aromatic N) is 4. The molecule has 2 aromatic rings. The zero-order valence-corrected chi connectivity index (χ0v) is 17.5. The van der Waals surface area contributed by atoms with Crippen LogP contribution in [0.15, 0.2) is 12.4 Å². The van der Waals surface area contributed by atoms with Crippen LogP contribution >= 0.6 is 11.3 Å². The molecule has 0 bridgehead atoms. The van der Waals surface area contributed by atoms with Gasteiger partial charge >= 0.3 is 5.97 Å². The Morgan fingerprint density at radius 1 is 1.36 bits per heavy atom. The maximum absolute atomic E-state index is 12.4. The van der Waals surface area contributed by atoms with Crippen molar-refractivity contribution in [2.45, 2.75) is 38.8 Å². The second kappa shape index (κ2) is 9.99. The van der Waals surface area contributed by atoms with E-state index in [1.54, 1.807) is 13.3 Å². The summed E-state index contributed by atoms with van der Waals surface area (Å²) in [6.45, 7) is 5.75. The minimum absolute atomic E-state index is 0.200. The number of imidazole rings is 1. The van der Waals surface area contributed by atoms with Gasteiger partial charge in [0.1, 0.15) is 10.6 Å². The van der Waals surface area contributed by atoms with Gasteiger partial charge in [-0.05, 0) is 19.3 Å². The number of piperidine rings is 1. The van der Waals surface area contributed by atoms with E-state index in [0.29, 0.717) is 29.5 Å². The van der Waals surface area contributed by atoms with E-state index in [9.17, 15) is 4.79 Å². The van der Waals surface area contributed by atoms with E-state index in [1.807, 2.05) is 10.8 Å². The highest BCUT2D eigenvalue weighted by Crippen LogP contribution is 2.34. The molecule has 154 valence electrons. The van der Waals surface area contributed by atoms with E-state index in [0.717, 1.165) is 44.1 Å². The van der Waals surface area contributed by atoms with Crippen LogP contribution in [0.4, 0.5) is 5.13 Å². The second-order valence-corrected chi connectivity index (χ2v) is 7.66. The van der Waals surface area contributed by atoms with Crippen molar-refractivity contribution in [1.29, 1.82) is 0 Å². The third kappa shape index (κ3) is 4.71. The van der Waals surface area contributed by atoms with Crippen molar-refractivity contribution in [1.82, 2.24) is 14.5 Å². The minimum atomic E-state index is -0.393. The molecule has 9 heteroatoms. The molecule has 0 radical (unpaired) electrons. The number of ether oxygens (including phenoxy) is 3. The van der Waals surface area contributed by atoms with Crippen molar-refractivity contribution in [3.63, 3.8) is 0 Å². The molecule has 0 aromatic carbocycles. The molecule has 3 rings (SSSR count). The number of hydrogen-bond acceptors (Lipinski definition) is 8. The molecule has 1 aliphatic rings. The Kier molecular flexibility index (Phi) is 7.41. The average molecular weight is 409 g/mol. The van der Waals surface area contributed by atoms with Crippen molar-refractivity contribution >= 4 is 22.4 Å². The summed E-state index contributed by atoms with van der Waals surface area (Å²) in [6, 6.07) is 0. The number of rotatable bonds is 9. The summed E-state index contributed by atoms with van der Waals surface area (Å²) >= 11 is 1.36. The standard InChI is InChI=1S/C19H28N4O4S/c1-4-11-27-14-6-5-8-23(13-14)19-21-15(16(28-19)18(24)26-3)17-20-7-9-22(17)10-12-25-2/h7,9,14H,4-6,8,10-13H2,1-3H3. The number of hydrogen-bond donors (Lipinski definition) is 0. The number of methoxy groups -OCH3 is 2.